The average Bonchev–Trinajstić information content (AvgIpc) is 3.06. The zero-order valence-electron chi connectivity index (χ0n) is 13.1. The van der Waals surface area contributed by atoms with E-state index in [4.69, 9.17) is 4.52 Å². The molecule has 1 N–H and O–H groups in total. The maximum absolute atomic E-state index is 12.5. The number of hydrogen-bond acceptors (Lipinski definition) is 6. The van der Waals surface area contributed by atoms with Gasteiger partial charge in [-0.2, -0.15) is 4.98 Å². The standard InChI is InChI=1S/C16H16N4O2S/c1-9-15(23-11(3)17-9)16(21)19-13-7-5-4-6-12(13)8-14-18-10(2)20-22-14/h4-7H,8H2,1-3H3,(H,19,21). The molecule has 3 aromatic rings. The summed E-state index contributed by atoms with van der Waals surface area (Å²) < 4.78 is 5.15. The van der Waals surface area contributed by atoms with E-state index < -0.39 is 0 Å². The number of para-hydroxylation sites is 1. The number of benzene rings is 1. The van der Waals surface area contributed by atoms with Crippen LogP contribution in [0.1, 0.15) is 37.7 Å². The van der Waals surface area contributed by atoms with Crippen LogP contribution < -0.4 is 5.32 Å². The number of thiazole rings is 1. The second kappa shape index (κ2) is 6.29. The van der Waals surface area contributed by atoms with Crippen molar-refractivity contribution in [2.75, 3.05) is 5.32 Å². The number of hydrogen-bond donors (Lipinski definition) is 1. The van der Waals surface area contributed by atoms with E-state index in [1.165, 1.54) is 11.3 Å². The number of amides is 1. The Morgan fingerprint density at radius 2 is 2.00 bits per heavy atom. The Bertz CT molecular complexity index is 853. The van der Waals surface area contributed by atoms with Crippen molar-refractivity contribution in [2.45, 2.75) is 27.2 Å². The molecule has 0 radical (unpaired) electrons. The maximum atomic E-state index is 12.5. The molecule has 0 bridgehead atoms. The fourth-order valence-corrected chi connectivity index (χ4v) is 3.11. The first-order valence-corrected chi connectivity index (χ1v) is 7.97. The molecule has 0 spiro atoms. The molecule has 0 saturated carbocycles. The van der Waals surface area contributed by atoms with E-state index in [1.54, 1.807) is 6.92 Å². The van der Waals surface area contributed by atoms with Crippen LogP contribution in [0.4, 0.5) is 5.69 Å². The van der Waals surface area contributed by atoms with Crippen molar-refractivity contribution in [1.82, 2.24) is 15.1 Å². The molecule has 2 aromatic heterocycles. The Kier molecular flexibility index (Phi) is 4.20. The van der Waals surface area contributed by atoms with Crippen LogP contribution in [0.15, 0.2) is 28.8 Å². The van der Waals surface area contributed by atoms with E-state index in [2.05, 4.69) is 20.4 Å². The molecule has 118 valence electrons. The third-order valence-corrected chi connectivity index (χ3v) is 4.36. The molecule has 0 aliphatic rings. The Morgan fingerprint density at radius 3 is 2.65 bits per heavy atom. The smallest absolute Gasteiger partial charge is 0.267 e. The summed E-state index contributed by atoms with van der Waals surface area (Å²) in [7, 11) is 0. The highest BCUT2D eigenvalue weighted by molar-refractivity contribution is 7.13. The number of aromatic nitrogens is 3. The number of aryl methyl sites for hydroxylation is 3. The van der Waals surface area contributed by atoms with Crippen molar-refractivity contribution < 1.29 is 9.32 Å². The molecule has 1 aromatic carbocycles. The van der Waals surface area contributed by atoms with Crippen LogP contribution in [0.3, 0.4) is 0 Å². The van der Waals surface area contributed by atoms with Crippen LogP contribution in [-0.4, -0.2) is 21.0 Å². The normalized spacial score (nSPS) is 10.7. The van der Waals surface area contributed by atoms with Gasteiger partial charge >= 0.3 is 0 Å². The van der Waals surface area contributed by atoms with E-state index >= 15 is 0 Å². The van der Waals surface area contributed by atoms with Crippen molar-refractivity contribution in [2.24, 2.45) is 0 Å². The van der Waals surface area contributed by atoms with Gasteiger partial charge in [0.15, 0.2) is 5.82 Å². The molecule has 0 aliphatic carbocycles. The predicted octanol–water partition coefficient (Wildman–Crippen LogP) is 3.29. The van der Waals surface area contributed by atoms with Crippen LogP contribution in [0, 0.1) is 20.8 Å². The molecule has 0 fully saturated rings. The lowest BCUT2D eigenvalue weighted by atomic mass is 10.1. The van der Waals surface area contributed by atoms with Gasteiger partial charge < -0.3 is 9.84 Å². The van der Waals surface area contributed by atoms with Crippen molar-refractivity contribution in [1.29, 1.82) is 0 Å². The van der Waals surface area contributed by atoms with Crippen molar-refractivity contribution in [3.63, 3.8) is 0 Å². The fraction of sp³-hybridized carbons (Fsp3) is 0.250. The van der Waals surface area contributed by atoms with E-state index in [0.29, 0.717) is 23.0 Å². The number of anilines is 1. The van der Waals surface area contributed by atoms with E-state index in [1.807, 2.05) is 38.1 Å². The summed E-state index contributed by atoms with van der Waals surface area (Å²) >= 11 is 1.39. The van der Waals surface area contributed by atoms with Crippen LogP contribution in [0.25, 0.3) is 0 Å². The van der Waals surface area contributed by atoms with Gasteiger partial charge in [0, 0.05) is 5.69 Å². The first kappa shape index (κ1) is 15.4. The van der Waals surface area contributed by atoms with Gasteiger partial charge in [0.2, 0.25) is 5.89 Å². The fourth-order valence-electron chi connectivity index (χ4n) is 2.29. The van der Waals surface area contributed by atoms with Crippen LogP contribution in [0.5, 0.6) is 0 Å². The molecule has 3 rings (SSSR count). The highest BCUT2D eigenvalue weighted by Gasteiger charge is 2.16. The van der Waals surface area contributed by atoms with Crippen LogP contribution >= 0.6 is 11.3 Å². The topological polar surface area (TPSA) is 80.9 Å². The monoisotopic (exact) mass is 328 g/mol. The molecule has 7 heteroatoms. The van der Waals surface area contributed by atoms with Gasteiger partial charge in [-0.05, 0) is 32.4 Å². The lowest BCUT2D eigenvalue weighted by Gasteiger charge is -2.09. The third-order valence-electron chi connectivity index (χ3n) is 3.29. The summed E-state index contributed by atoms with van der Waals surface area (Å²) in [6.45, 7) is 5.50. The molecule has 0 unspecified atom stereocenters. The number of nitrogens with zero attached hydrogens (tertiary/aromatic N) is 3. The quantitative estimate of drug-likeness (QED) is 0.795. The summed E-state index contributed by atoms with van der Waals surface area (Å²) in [5.41, 5.74) is 2.40. The van der Waals surface area contributed by atoms with Gasteiger partial charge in [-0.25, -0.2) is 4.98 Å². The van der Waals surface area contributed by atoms with Gasteiger partial charge in [-0.15, -0.1) is 11.3 Å². The Hall–Kier alpha value is -2.54. The van der Waals surface area contributed by atoms with E-state index in [0.717, 1.165) is 22.0 Å². The van der Waals surface area contributed by atoms with Gasteiger partial charge in [0.1, 0.15) is 4.88 Å². The largest absolute Gasteiger partial charge is 0.339 e. The molecule has 2 heterocycles. The van der Waals surface area contributed by atoms with Crippen LogP contribution in [-0.2, 0) is 6.42 Å². The van der Waals surface area contributed by atoms with Gasteiger partial charge in [0.25, 0.3) is 5.91 Å². The summed E-state index contributed by atoms with van der Waals surface area (Å²) in [5.74, 6) is 0.966. The first-order valence-electron chi connectivity index (χ1n) is 7.15. The first-order chi connectivity index (χ1) is 11.0. The molecule has 0 atom stereocenters. The number of rotatable bonds is 4. The summed E-state index contributed by atoms with van der Waals surface area (Å²) in [5, 5.41) is 7.61. The SMILES string of the molecule is Cc1noc(Cc2ccccc2NC(=O)c2sc(C)nc2C)n1. The minimum atomic E-state index is -0.151. The second-order valence-corrected chi connectivity index (χ2v) is 6.37. The summed E-state index contributed by atoms with van der Waals surface area (Å²) in [6, 6.07) is 7.58. The minimum Gasteiger partial charge on any atom is -0.339 e. The predicted molar refractivity (Wildman–Crippen MR) is 87.8 cm³/mol. The molecule has 23 heavy (non-hydrogen) atoms. The zero-order chi connectivity index (χ0) is 16.4. The van der Waals surface area contributed by atoms with Gasteiger partial charge in [0.05, 0.1) is 17.1 Å². The second-order valence-electron chi connectivity index (χ2n) is 5.17. The number of nitrogens with one attached hydrogen (secondary N) is 1. The Morgan fingerprint density at radius 1 is 1.22 bits per heavy atom. The van der Waals surface area contributed by atoms with Crippen LogP contribution in [0.2, 0.25) is 0 Å². The van der Waals surface area contributed by atoms with Crippen molar-refractivity contribution in [3.8, 4) is 0 Å². The van der Waals surface area contributed by atoms with Gasteiger partial charge in [-0.1, -0.05) is 23.4 Å². The molecule has 1 amide bonds. The molecular weight excluding hydrogens is 312 g/mol. The highest BCUT2D eigenvalue weighted by atomic mass is 32.1. The highest BCUT2D eigenvalue weighted by Crippen LogP contribution is 2.22. The minimum absolute atomic E-state index is 0.151. The van der Waals surface area contributed by atoms with E-state index in [9.17, 15) is 4.79 Å². The molecule has 6 nitrogen and oxygen atoms in total. The lowest BCUT2D eigenvalue weighted by Crippen LogP contribution is -2.13. The number of carbonyl (C=O) groups is 1. The van der Waals surface area contributed by atoms with Gasteiger partial charge in [-0.3, -0.25) is 4.79 Å². The Labute approximate surface area is 137 Å². The summed E-state index contributed by atoms with van der Waals surface area (Å²) in [4.78, 5) is 21.6. The average molecular weight is 328 g/mol. The molecule has 0 aliphatic heterocycles. The Balaban J connectivity index is 1.83. The third kappa shape index (κ3) is 3.45. The number of carbonyl (C=O) groups excluding carboxylic acids is 1. The molecular formula is C16H16N4O2S. The maximum Gasteiger partial charge on any atom is 0.267 e. The van der Waals surface area contributed by atoms with E-state index in [-0.39, 0.29) is 5.91 Å². The summed E-state index contributed by atoms with van der Waals surface area (Å²) in [6.07, 6.45) is 0.470. The molecule has 0 saturated heterocycles. The van der Waals surface area contributed by atoms with Crippen molar-refractivity contribution in [3.05, 3.63) is 57.1 Å². The van der Waals surface area contributed by atoms with Crippen molar-refractivity contribution >= 4 is 22.9 Å². The zero-order valence-corrected chi connectivity index (χ0v) is 13.9. The lowest BCUT2D eigenvalue weighted by molar-refractivity contribution is 0.102.